The van der Waals surface area contributed by atoms with Crippen molar-refractivity contribution in [3.63, 3.8) is 0 Å². The Labute approximate surface area is 183 Å². The van der Waals surface area contributed by atoms with Crippen LogP contribution in [0, 0.1) is 13.8 Å². The summed E-state index contributed by atoms with van der Waals surface area (Å²) in [6.07, 6.45) is 2.34. The number of amides is 1. The second-order valence-electron chi connectivity index (χ2n) is 7.99. The highest BCUT2D eigenvalue weighted by atomic mass is 32.2. The summed E-state index contributed by atoms with van der Waals surface area (Å²) in [5.41, 5.74) is 3.90. The van der Waals surface area contributed by atoms with Crippen molar-refractivity contribution in [2.45, 2.75) is 27.2 Å². The van der Waals surface area contributed by atoms with E-state index in [0.29, 0.717) is 48.8 Å². The predicted molar refractivity (Wildman–Crippen MR) is 121 cm³/mol. The topological polar surface area (TPSA) is 82.9 Å². The Morgan fingerprint density at radius 3 is 2.48 bits per heavy atom. The molecule has 0 spiro atoms. The maximum absolute atomic E-state index is 12.9. The van der Waals surface area contributed by atoms with Gasteiger partial charge in [-0.25, -0.2) is 0 Å². The second-order valence-corrected chi connectivity index (χ2v) is 9.53. The molecule has 4 rings (SSSR count). The summed E-state index contributed by atoms with van der Waals surface area (Å²) in [6, 6.07) is 11.0. The maximum atomic E-state index is 12.9. The number of sulfonamides is 1. The molecule has 0 saturated carbocycles. The van der Waals surface area contributed by atoms with Crippen molar-refractivity contribution in [2.75, 3.05) is 26.2 Å². The van der Waals surface area contributed by atoms with Gasteiger partial charge in [-0.1, -0.05) is 24.3 Å². The SMILES string of the molecule is CC1=C(c2ccc(C)c(C)c2)S(=O)(=O)N=C1N1CCCN(C(=O)c2ccccn2)CC1. The van der Waals surface area contributed by atoms with Crippen LogP contribution in [-0.2, 0) is 10.0 Å². The summed E-state index contributed by atoms with van der Waals surface area (Å²) in [4.78, 5) is 20.9. The minimum atomic E-state index is -3.77. The highest BCUT2D eigenvalue weighted by Crippen LogP contribution is 2.34. The van der Waals surface area contributed by atoms with E-state index in [1.807, 2.05) is 43.9 Å². The van der Waals surface area contributed by atoms with Gasteiger partial charge in [0.05, 0.1) is 0 Å². The lowest BCUT2D eigenvalue weighted by atomic mass is 10.0. The lowest BCUT2D eigenvalue weighted by molar-refractivity contribution is 0.0758. The molecule has 2 aliphatic heterocycles. The first kappa shape index (κ1) is 21.2. The highest BCUT2D eigenvalue weighted by Gasteiger charge is 2.34. The van der Waals surface area contributed by atoms with Gasteiger partial charge in [-0.2, -0.15) is 8.42 Å². The van der Waals surface area contributed by atoms with Crippen molar-refractivity contribution in [3.8, 4) is 0 Å². The first-order valence-electron chi connectivity index (χ1n) is 10.4. The Kier molecular flexibility index (Phi) is 5.66. The molecule has 0 unspecified atom stereocenters. The number of benzene rings is 1. The summed E-state index contributed by atoms with van der Waals surface area (Å²) in [7, 11) is -3.77. The van der Waals surface area contributed by atoms with Crippen molar-refractivity contribution in [1.82, 2.24) is 14.8 Å². The molecule has 0 radical (unpaired) electrons. The quantitative estimate of drug-likeness (QED) is 0.720. The van der Waals surface area contributed by atoms with E-state index in [9.17, 15) is 13.2 Å². The zero-order valence-corrected chi connectivity index (χ0v) is 18.8. The minimum Gasteiger partial charge on any atom is -0.354 e. The molecule has 0 N–H and O–H groups in total. The Morgan fingerprint density at radius 1 is 0.968 bits per heavy atom. The fraction of sp³-hybridized carbons (Fsp3) is 0.348. The van der Waals surface area contributed by atoms with Crippen LogP contribution in [0.25, 0.3) is 4.91 Å². The third kappa shape index (κ3) is 4.12. The zero-order valence-electron chi connectivity index (χ0n) is 18.0. The number of aryl methyl sites for hydroxylation is 2. The van der Waals surface area contributed by atoms with Gasteiger partial charge >= 0.3 is 0 Å². The highest BCUT2D eigenvalue weighted by molar-refractivity contribution is 8.00. The van der Waals surface area contributed by atoms with E-state index in [2.05, 4.69) is 9.38 Å². The number of amidine groups is 1. The summed E-state index contributed by atoms with van der Waals surface area (Å²) < 4.78 is 30.0. The standard InChI is InChI=1S/C23H26N4O3S/c1-16-8-9-19(15-17(16)2)21-18(3)22(25-31(21,29)30)26-11-6-12-27(14-13-26)23(28)20-7-4-5-10-24-20/h4-5,7-10,15H,6,11-14H2,1-3H3. The molecule has 2 aliphatic rings. The lowest BCUT2D eigenvalue weighted by Crippen LogP contribution is -2.37. The van der Waals surface area contributed by atoms with Crippen LogP contribution in [0.3, 0.4) is 0 Å². The number of hydrogen-bond donors (Lipinski definition) is 0. The van der Waals surface area contributed by atoms with E-state index in [1.54, 1.807) is 29.3 Å². The molecule has 1 fully saturated rings. The molecule has 1 aromatic carbocycles. The molecule has 0 aliphatic carbocycles. The third-order valence-corrected chi connectivity index (χ3v) is 7.35. The molecule has 0 bridgehead atoms. The van der Waals surface area contributed by atoms with Crippen LogP contribution in [0.15, 0.2) is 52.6 Å². The molecular formula is C23H26N4O3S. The molecule has 8 heteroatoms. The average Bonchev–Trinajstić information content (AvgIpc) is 2.90. The van der Waals surface area contributed by atoms with Gasteiger partial charge in [0.1, 0.15) is 16.4 Å². The van der Waals surface area contributed by atoms with Crippen LogP contribution in [-0.4, -0.2) is 61.1 Å². The summed E-state index contributed by atoms with van der Waals surface area (Å²) in [5, 5.41) is 0. The van der Waals surface area contributed by atoms with Gasteiger partial charge in [0.2, 0.25) is 0 Å². The van der Waals surface area contributed by atoms with Crippen LogP contribution < -0.4 is 0 Å². The van der Waals surface area contributed by atoms with E-state index in [4.69, 9.17) is 0 Å². The van der Waals surface area contributed by atoms with E-state index >= 15 is 0 Å². The zero-order chi connectivity index (χ0) is 22.2. The van der Waals surface area contributed by atoms with Gasteiger partial charge in [-0.3, -0.25) is 9.78 Å². The van der Waals surface area contributed by atoms with Crippen LogP contribution in [0.1, 0.15) is 40.5 Å². The van der Waals surface area contributed by atoms with Crippen molar-refractivity contribution >= 4 is 26.7 Å². The average molecular weight is 439 g/mol. The number of pyridine rings is 1. The molecule has 1 amide bonds. The third-order valence-electron chi connectivity index (χ3n) is 5.88. The van der Waals surface area contributed by atoms with Crippen molar-refractivity contribution in [2.24, 2.45) is 4.40 Å². The molecule has 2 aromatic rings. The van der Waals surface area contributed by atoms with Crippen molar-refractivity contribution in [3.05, 3.63) is 70.6 Å². The van der Waals surface area contributed by atoms with E-state index < -0.39 is 10.0 Å². The van der Waals surface area contributed by atoms with Crippen LogP contribution >= 0.6 is 0 Å². The number of carbonyl (C=O) groups excluding carboxylic acids is 1. The van der Waals surface area contributed by atoms with E-state index in [1.165, 1.54) is 0 Å². The van der Waals surface area contributed by atoms with Crippen LogP contribution in [0.4, 0.5) is 0 Å². The van der Waals surface area contributed by atoms with Gasteiger partial charge in [0.25, 0.3) is 15.9 Å². The first-order chi connectivity index (χ1) is 14.8. The normalized spacial score (nSPS) is 18.7. The first-order valence-corrected chi connectivity index (χ1v) is 11.8. The number of hydrogen-bond acceptors (Lipinski definition) is 5. The molecule has 31 heavy (non-hydrogen) atoms. The Bertz CT molecular complexity index is 1190. The van der Waals surface area contributed by atoms with Gasteiger partial charge in [0.15, 0.2) is 0 Å². The smallest absolute Gasteiger partial charge is 0.285 e. The van der Waals surface area contributed by atoms with Crippen molar-refractivity contribution in [1.29, 1.82) is 0 Å². The fourth-order valence-electron chi connectivity index (χ4n) is 4.05. The van der Waals surface area contributed by atoms with Crippen LogP contribution in [0.5, 0.6) is 0 Å². The van der Waals surface area contributed by atoms with Crippen LogP contribution in [0.2, 0.25) is 0 Å². The molecule has 3 heterocycles. The monoisotopic (exact) mass is 438 g/mol. The predicted octanol–water partition coefficient (Wildman–Crippen LogP) is 3.02. The van der Waals surface area contributed by atoms with E-state index in [-0.39, 0.29) is 10.8 Å². The number of carbonyl (C=O) groups is 1. The Morgan fingerprint density at radius 2 is 1.77 bits per heavy atom. The molecule has 1 saturated heterocycles. The Hall–Kier alpha value is -3.00. The summed E-state index contributed by atoms with van der Waals surface area (Å²) >= 11 is 0. The molecule has 0 atom stereocenters. The fourth-order valence-corrected chi connectivity index (χ4v) is 5.52. The molecular weight excluding hydrogens is 412 g/mol. The number of rotatable bonds is 2. The van der Waals surface area contributed by atoms with Gasteiger partial charge in [-0.15, -0.1) is 4.40 Å². The van der Waals surface area contributed by atoms with Gasteiger partial charge in [0, 0.05) is 37.9 Å². The largest absolute Gasteiger partial charge is 0.354 e. The van der Waals surface area contributed by atoms with Crippen molar-refractivity contribution < 1.29 is 13.2 Å². The summed E-state index contributed by atoms with van der Waals surface area (Å²) in [5.74, 6) is 0.381. The minimum absolute atomic E-state index is 0.105. The van der Waals surface area contributed by atoms with E-state index in [0.717, 1.165) is 17.5 Å². The second kappa shape index (κ2) is 8.26. The van der Waals surface area contributed by atoms with Gasteiger partial charge < -0.3 is 9.80 Å². The van der Waals surface area contributed by atoms with Gasteiger partial charge in [-0.05, 0) is 56.0 Å². The molecule has 162 valence electrons. The maximum Gasteiger partial charge on any atom is 0.285 e. The summed E-state index contributed by atoms with van der Waals surface area (Å²) in [6.45, 7) is 8.03. The molecule has 7 nitrogen and oxygen atoms in total. The Balaban J connectivity index is 1.57. The number of aromatic nitrogens is 1. The lowest BCUT2D eigenvalue weighted by Gasteiger charge is -2.23. The number of nitrogens with zero attached hydrogens (tertiary/aromatic N) is 4. The molecule has 1 aromatic heterocycles.